The highest BCUT2D eigenvalue weighted by Gasteiger charge is 2.47. The van der Waals surface area contributed by atoms with E-state index in [1.807, 2.05) is 18.2 Å². The number of amides is 2. The maximum Gasteiger partial charge on any atom is 0.417 e. The largest absolute Gasteiger partial charge is 0.464 e. The number of rotatable bonds is 4. The molecule has 3 aliphatic carbocycles. The van der Waals surface area contributed by atoms with Crippen LogP contribution in [0.4, 0.5) is 21.0 Å². The molecule has 41 heavy (non-hydrogen) atoms. The molecule has 7 heteroatoms. The molecule has 4 aliphatic rings. The Morgan fingerprint density at radius 2 is 1.20 bits per heavy atom. The molecule has 3 saturated carbocycles. The van der Waals surface area contributed by atoms with Crippen molar-refractivity contribution in [1.29, 1.82) is 0 Å². The van der Waals surface area contributed by atoms with Gasteiger partial charge in [-0.1, -0.05) is 95.0 Å². The van der Waals surface area contributed by atoms with E-state index in [0.29, 0.717) is 28.5 Å². The maximum absolute atomic E-state index is 13.0. The maximum atomic E-state index is 13.0. The quantitative estimate of drug-likeness (QED) is 0.357. The van der Waals surface area contributed by atoms with Crippen LogP contribution in [0.15, 0.2) is 71.6 Å². The molecular formula is C34H41N2O4P. The van der Waals surface area contributed by atoms with E-state index in [1.54, 1.807) is 24.3 Å². The molecule has 0 bridgehead atoms. The standard InChI is InChI=1S/C34H41N2O4P/c37-33(38)35-28-20-10-11-21-29(28)36(34(39)40)32(35)31-25(23-24-13-4-1-5-14-24)15-12-22-30(31)41(26-16-6-2-7-17-26)27-18-8-3-9-19-27/h1,4-5,10-11,13-14,20-21,23,26-27,30H,2-3,6-9,12,15-19,22H2,(H,37,38)(H,39,40). The van der Waals surface area contributed by atoms with Crippen LogP contribution in [-0.4, -0.2) is 39.4 Å². The molecule has 0 radical (unpaired) electrons. The van der Waals surface area contributed by atoms with Gasteiger partial charge in [-0.3, -0.25) is 0 Å². The van der Waals surface area contributed by atoms with Crippen molar-refractivity contribution >= 4 is 37.6 Å². The summed E-state index contributed by atoms with van der Waals surface area (Å²) in [5.74, 6) is 0.331. The summed E-state index contributed by atoms with van der Waals surface area (Å²) in [6, 6.07) is 17.3. The average Bonchev–Trinajstić information content (AvgIpc) is 3.35. The predicted molar refractivity (Wildman–Crippen MR) is 167 cm³/mol. The predicted octanol–water partition coefficient (Wildman–Crippen LogP) is 9.66. The van der Waals surface area contributed by atoms with Gasteiger partial charge in [-0.15, -0.1) is 0 Å². The Kier molecular flexibility index (Phi) is 8.48. The van der Waals surface area contributed by atoms with Crippen LogP contribution in [-0.2, 0) is 0 Å². The highest BCUT2D eigenvalue weighted by molar-refractivity contribution is 7.60. The van der Waals surface area contributed by atoms with Gasteiger partial charge in [0.25, 0.3) is 0 Å². The minimum Gasteiger partial charge on any atom is -0.464 e. The topological polar surface area (TPSA) is 81.1 Å². The van der Waals surface area contributed by atoms with Crippen LogP contribution in [0.2, 0.25) is 0 Å². The Balaban J connectivity index is 1.59. The normalized spacial score (nSPS) is 23.3. The molecule has 1 atom stereocenters. The van der Waals surface area contributed by atoms with Crippen LogP contribution in [0.25, 0.3) is 6.08 Å². The number of anilines is 2. The lowest BCUT2D eigenvalue weighted by Crippen LogP contribution is -2.40. The summed E-state index contributed by atoms with van der Waals surface area (Å²) in [7, 11) is -0.462. The number of benzene rings is 2. The van der Waals surface area contributed by atoms with Gasteiger partial charge in [0.15, 0.2) is 0 Å². The lowest BCUT2D eigenvalue weighted by molar-refractivity contribution is 0.201. The monoisotopic (exact) mass is 572 g/mol. The number of para-hydroxylation sites is 2. The molecule has 216 valence electrons. The summed E-state index contributed by atoms with van der Waals surface area (Å²) in [6.07, 6.45) is 15.5. The molecule has 0 aromatic heterocycles. The van der Waals surface area contributed by atoms with Gasteiger partial charge in [-0.25, -0.2) is 19.4 Å². The molecule has 1 aliphatic heterocycles. The highest BCUT2D eigenvalue weighted by atomic mass is 31.1. The molecule has 1 unspecified atom stereocenters. The average molecular weight is 573 g/mol. The molecule has 6 nitrogen and oxygen atoms in total. The van der Waals surface area contributed by atoms with Crippen molar-refractivity contribution in [2.75, 3.05) is 9.80 Å². The summed E-state index contributed by atoms with van der Waals surface area (Å²) in [5, 5.41) is 21.2. The highest BCUT2D eigenvalue weighted by Crippen LogP contribution is 2.64. The fourth-order valence-electron chi connectivity index (χ4n) is 7.83. The number of nitrogens with zero attached hydrogens (tertiary/aromatic N) is 2. The van der Waals surface area contributed by atoms with Gasteiger partial charge in [0.2, 0.25) is 0 Å². The van der Waals surface area contributed by atoms with Crippen LogP contribution in [0, 0.1) is 0 Å². The zero-order valence-electron chi connectivity index (χ0n) is 23.8. The second-order valence-electron chi connectivity index (χ2n) is 12.0. The fraction of sp³-hybridized carbons (Fsp3) is 0.471. The SMILES string of the molecule is O=C(O)N1C(=C2C(=Cc3ccccc3)CCCC2P(C2CCCCC2)C2CCCCC2)N(C(=O)O)c2ccccc21. The summed E-state index contributed by atoms with van der Waals surface area (Å²) in [5.41, 5.74) is 5.52. The number of carboxylic acid groups (broad SMARTS) is 2. The second-order valence-corrected chi connectivity index (χ2v) is 15.0. The fourth-order valence-corrected chi connectivity index (χ4v) is 12.4. The van der Waals surface area contributed by atoms with E-state index >= 15 is 0 Å². The Morgan fingerprint density at radius 1 is 0.683 bits per heavy atom. The zero-order valence-corrected chi connectivity index (χ0v) is 24.6. The van der Waals surface area contributed by atoms with Crippen molar-refractivity contribution in [3.05, 3.63) is 77.1 Å². The number of fused-ring (bicyclic) bond motifs is 1. The lowest BCUT2D eigenvalue weighted by Gasteiger charge is -2.46. The first-order chi connectivity index (χ1) is 20.0. The molecule has 2 amide bonds. The molecule has 1 heterocycles. The van der Waals surface area contributed by atoms with Crippen molar-refractivity contribution in [3.8, 4) is 0 Å². The molecule has 3 fully saturated rings. The smallest absolute Gasteiger partial charge is 0.417 e. The summed E-state index contributed by atoms with van der Waals surface area (Å²) >= 11 is 0. The minimum absolute atomic E-state index is 0.188. The van der Waals surface area contributed by atoms with Gasteiger partial charge in [0.1, 0.15) is 5.82 Å². The molecule has 0 spiro atoms. The third kappa shape index (κ3) is 5.56. The molecule has 2 N–H and O–H groups in total. The summed E-state index contributed by atoms with van der Waals surface area (Å²) in [6.45, 7) is 0. The van der Waals surface area contributed by atoms with Crippen molar-refractivity contribution in [1.82, 2.24) is 0 Å². The first-order valence-electron chi connectivity index (χ1n) is 15.5. The van der Waals surface area contributed by atoms with E-state index in [9.17, 15) is 19.8 Å². The molecular weight excluding hydrogens is 531 g/mol. The molecule has 0 saturated heterocycles. The van der Waals surface area contributed by atoms with E-state index in [-0.39, 0.29) is 5.66 Å². The Hall–Kier alpha value is -3.11. The number of hydrogen-bond donors (Lipinski definition) is 2. The van der Waals surface area contributed by atoms with E-state index in [0.717, 1.165) is 36.0 Å². The summed E-state index contributed by atoms with van der Waals surface area (Å²) in [4.78, 5) is 28.5. The molecule has 2 aromatic carbocycles. The van der Waals surface area contributed by atoms with Gasteiger partial charge < -0.3 is 10.2 Å². The van der Waals surface area contributed by atoms with Gasteiger partial charge >= 0.3 is 12.2 Å². The van der Waals surface area contributed by atoms with E-state index in [2.05, 4.69) is 18.2 Å². The Bertz CT molecular complexity index is 1270. The van der Waals surface area contributed by atoms with Crippen molar-refractivity contribution in [2.45, 2.75) is 100 Å². The van der Waals surface area contributed by atoms with Crippen LogP contribution >= 0.6 is 7.92 Å². The molecule has 6 rings (SSSR count). The Labute approximate surface area is 244 Å². The second kappa shape index (κ2) is 12.4. The van der Waals surface area contributed by atoms with Crippen molar-refractivity contribution in [3.63, 3.8) is 0 Å². The first-order valence-corrected chi connectivity index (χ1v) is 17.0. The van der Waals surface area contributed by atoms with Gasteiger partial charge in [0, 0.05) is 11.2 Å². The third-order valence-corrected chi connectivity index (χ3v) is 13.5. The number of carbonyl (C=O) groups is 2. The van der Waals surface area contributed by atoms with Crippen molar-refractivity contribution < 1.29 is 19.8 Å². The number of allylic oxidation sites excluding steroid dienone is 2. The van der Waals surface area contributed by atoms with Crippen molar-refractivity contribution in [2.24, 2.45) is 0 Å². The van der Waals surface area contributed by atoms with Crippen LogP contribution in [0.5, 0.6) is 0 Å². The van der Waals surface area contributed by atoms with Crippen LogP contribution in [0.1, 0.15) is 89.0 Å². The van der Waals surface area contributed by atoms with E-state index in [1.165, 1.54) is 74.0 Å². The van der Waals surface area contributed by atoms with Crippen LogP contribution < -0.4 is 9.80 Å². The van der Waals surface area contributed by atoms with E-state index in [4.69, 9.17) is 0 Å². The lowest BCUT2D eigenvalue weighted by atomic mass is 9.87. The van der Waals surface area contributed by atoms with Gasteiger partial charge in [-0.05, 0) is 79.5 Å². The van der Waals surface area contributed by atoms with Crippen LogP contribution in [0.3, 0.4) is 0 Å². The first kappa shape index (κ1) is 28.0. The van der Waals surface area contributed by atoms with Gasteiger partial charge in [0.05, 0.1) is 11.4 Å². The van der Waals surface area contributed by atoms with E-state index < -0.39 is 20.1 Å². The number of hydrogen-bond acceptors (Lipinski definition) is 2. The summed E-state index contributed by atoms with van der Waals surface area (Å²) < 4.78 is 0. The van der Waals surface area contributed by atoms with Gasteiger partial charge in [-0.2, -0.15) is 0 Å². The molecule has 2 aromatic rings. The third-order valence-electron chi connectivity index (χ3n) is 9.51. The minimum atomic E-state index is -1.13. The zero-order chi connectivity index (χ0) is 28.3. The Morgan fingerprint density at radius 3 is 1.71 bits per heavy atom.